The molecule has 0 bridgehead atoms. The maximum Gasteiger partial charge on any atom is 0.310 e. The average molecular weight is 350 g/mol. The fraction of sp³-hybridized carbons (Fsp3) is 0.714. The number of nitro benzene ring substituents is 1. The number of rotatable bonds is 15. The lowest BCUT2D eigenvalue weighted by Gasteiger charge is -2.04. The number of phenolic OH excluding ortho intramolecular Hbond substituents is 1. The normalized spacial score (nSPS) is 10.9. The van der Waals surface area contributed by atoms with E-state index in [0.717, 1.165) is 18.4 Å². The van der Waals surface area contributed by atoms with E-state index in [2.05, 4.69) is 6.92 Å². The summed E-state index contributed by atoms with van der Waals surface area (Å²) in [6.07, 6.45) is 18.1. The number of unbranched alkanes of at least 4 members (excludes halogenated alkanes) is 12. The molecule has 25 heavy (non-hydrogen) atoms. The van der Waals surface area contributed by atoms with Crippen molar-refractivity contribution in [1.29, 1.82) is 0 Å². The van der Waals surface area contributed by atoms with Gasteiger partial charge in [-0.1, -0.05) is 90.0 Å². The Morgan fingerprint density at radius 3 is 1.76 bits per heavy atom. The average Bonchev–Trinajstić information content (AvgIpc) is 2.58. The fourth-order valence-electron chi connectivity index (χ4n) is 3.23. The van der Waals surface area contributed by atoms with Gasteiger partial charge in [-0.15, -0.1) is 0 Å². The molecule has 142 valence electrons. The van der Waals surface area contributed by atoms with Crippen LogP contribution >= 0.6 is 0 Å². The third kappa shape index (κ3) is 10.1. The molecule has 1 aromatic rings. The molecular weight excluding hydrogens is 314 g/mol. The van der Waals surface area contributed by atoms with Crippen molar-refractivity contribution in [2.24, 2.45) is 0 Å². The highest BCUT2D eigenvalue weighted by molar-refractivity contribution is 5.47. The smallest absolute Gasteiger partial charge is 0.310 e. The second-order valence-corrected chi connectivity index (χ2v) is 7.07. The summed E-state index contributed by atoms with van der Waals surface area (Å²) in [5.74, 6) is -0.225. The predicted molar refractivity (Wildman–Crippen MR) is 104 cm³/mol. The zero-order valence-electron chi connectivity index (χ0n) is 15.8. The number of hydrogen-bond acceptors (Lipinski definition) is 3. The van der Waals surface area contributed by atoms with Gasteiger partial charge in [0.1, 0.15) is 0 Å². The van der Waals surface area contributed by atoms with Crippen LogP contribution in [0.5, 0.6) is 5.75 Å². The zero-order valence-corrected chi connectivity index (χ0v) is 15.8. The number of aryl methyl sites for hydroxylation is 1. The molecule has 1 aromatic carbocycles. The minimum absolute atomic E-state index is 0.214. The van der Waals surface area contributed by atoms with Crippen LogP contribution < -0.4 is 0 Å². The minimum atomic E-state index is -0.551. The van der Waals surface area contributed by atoms with Crippen LogP contribution in [0.1, 0.15) is 96.0 Å². The van der Waals surface area contributed by atoms with Gasteiger partial charge in [-0.05, 0) is 24.5 Å². The molecule has 0 aliphatic carbocycles. The molecule has 0 atom stereocenters. The van der Waals surface area contributed by atoms with Gasteiger partial charge in [0.2, 0.25) is 0 Å². The number of hydrogen-bond donors (Lipinski definition) is 1. The van der Waals surface area contributed by atoms with Crippen molar-refractivity contribution in [3.63, 3.8) is 0 Å². The van der Waals surface area contributed by atoms with Crippen LogP contribution in [0, 0.1) is 10.1 Å². The SMILES string of the molecule is CCCCCCCCCCCCCCCc1ccc([N+](=O)[O-])c(O)c1. The Labute approximate surface area is 152 Å². The molecule has 4 heteroatoms. The highest BCUT2D eigenvalue weighted by atomic mass is 16.6. The van der Waals surface area contributed by atoms with Gasteiger partial charge in [-0.2, -0.15) is 0 Å². The molecule has 0 spiro atoms. The Morgan fingerprint density at radius 1 is 0.840 bits per heavy atom. The molecule has 1 N–H and O–H groups in total. The Kier molecular flexibility index (Phi) is 11.7. The summed E-state index contributed by atoms with van der Waals surface area (Å²) >= 11 is 0. The van der Waals surface area contributed by atoms with E-state index in [0.29, 0.717) is 0 Å². The molecule has 0 saturated carbocycles. The van der Waals surface area contributed by atoms with Crippen LogP contribution in [-0.2, 0) is 6.42 Å². The molecule has 1 rings (SSSR count). The second-order valence-electron chi connectivity index (χ2n) is 7.07. The number of nitro groups is 1. The number of phenols is 1. The van der Waals surface area contributed by atoms with E-state index >= 15 is 0 Å². The molecule has 0 saturated heterocycles. The van der Waals surface area contributed by atoms with Crippen molar-refractivity contribution < 1.29 is 10.0 Å². The standard InChI is InChI=1S/C21H35NO3/c1-2-3-4-5-6-7-8-9-10-11-12-13-14-15-19-16-17-20(22(24)25)21(23)18-19/h16-18,23H,2-15H2,1H3. The molecular formula is C21H35NO3. The predicted octanol–water partition coefficient (Wildman–Crippen LogP) is 6.93. The Morgan fingerprint density at radius 2 is 1.32 bits per heavy atom. The Hall–Kier alpha value is -1.58. The van der Waals surface area contributed by atoms with Crippen LogP contribution in [0.4, 0.5) is 5.69 Å². The Bertz CT molecular complexity index is 488. The van der Waals surface area contributed by atoms with Gasteiger partial charge in [0.15, 0.2) is 5.75 Å². The third-order valence-electron chi connectivity index (χ3n) is 4.81. The summed E-state index contributed by atoms with van der Waals surface area (Å²) in [5.41, 5.74) is 0.764. The summed E-state index contributed by atoms with van der Waals surface area (Å²) in [7, 11) is 0. The topological polar surface area (TPSA) is 63.4 Å². The molecule has 0 radical (unpaired) electrons. The first-order valence-corrected chi connectivity index (χ1v) is 10.1. The monoisotopic (exact) mass is 349 g/mol. The first-order valence-electron chi connectivity index (χ1n) is 10.1. The van der Waals surface area contributed by atoms with Crippen molar-refractivity contribution in [2.75, 3.05) is 0 Å². The van der Waals surface area contributed by atoms with Crippen LogP contribution in [0.15, 0.2) is 18.2 Å². The van der Waals surface area contributed by atoms with E-state index < -0.39 is 4.92 Å². The van der Waals surface area contributed by atoms with E-state index in [1.165, 1.54) is 89.2 Å². The van der Waals surface area contributed by atoms with Crippen molar-refractivity contribution in [3.8, 4) is 5.75 Å². The third-order valence-corrected chi connectivity index (χ3v) is 4.81. The van der Waals surface area contributed by atoms with Crippen molar-refractivity contribution in [1.82, 2.24) is 0 Å². The van der Waals surface area contributed by atoms with Gasteiger partial charge in [-0.25, -0.2) is 0 Å². The van der Waals surface area contributed by atoms with E-state index in [4.69, 9.17) is 0 Å². The van der Waals surface area contributed by atoms with Crippen LogP contribution in [0.2, 0.25) is 0 Å². The van der Waals surface area contributed by atoms with Crippen molar-refractivity contribution in [2.45, 2.75) is 96.8 Å². The number of nitrogens with zero attached hydrogens (tertiary/aromatic N) is 1. The van der Waals surface area contributed by atoms with Gasteiger partial charge in [-0.3, -0.25) is 10.1 Å². The first kappa shape index (κ1) is 21.5. The first-order chi connectivity index (χ1) is 12.1. The van der Waals surface area contributed by atoms with Crippen LogP contribution in [0.25, 0.3) is 0 Å². The van der Waals surface area contributed by atoms with E-state index in [-0.39, 0.29) is 11.4 Å². The molecule has 0 unspecified atom stereocenters. The van der Waals surface area contributed by atoms with Crippen molar-refractivity contribution in [3.05, 3.63) is 33.9 Å². The lowest BCUT2D eigenvalue weighted by atomic mass is 10.0. The quantitative estimate of drug-likeness (QED) is 0.212. The molecule has 0 aromatic heterocycles. The number of benzene rings is 1. The molecule has 0 heterocycles. The number of aromatic hydroxyl groups is 1. The molecule has 0 aliphatic heterocycles. The highest BCUT2D eigenvalue weighted by Gasteiger charge is 2.12. The second kappa shape index (κ2) is 13.7. The summed E-state index contributed by atoms with van der Waals surface area (Å²) in [4.78, 5) is 10.1. The van der Waals surface area contributed by atoms with Gasteiger partial charge in [0.05, 0.1) is 4.92 Å². The lowest BCUT2D eigenvalue weighted by molar-refractivity contribution is -0.385. The maximum absolute atomic E-state index is 10.7. The zero-order chi connectivity index (χ0) is 18.3. The molecule has 0 amide bonds. The van der Waals surface area contributed by atoms with Gasteiger partial charge < -0.3 is 5.11 Å². The Balaban J connectivity index is 1.95. The van der Waals surface area contributed by atoms with E-state index in [1.54, 1.807) is 6.07 Å². The van der Waals surface area contributed by atoms with Gasteiger partial charge in [0.25, 0.3) is 0 Å². The summed E-state index contributed by atoms with van der Waals surface area (Å²) in [6, 6.07) is 4.67. The summed E-state index contributed by atoms with van der Waals surface area (Å²) in [6.45, 7) is 2.26. The van der Waals surface area contributed by atoms with Crippen molar-refractivity contribution >= 4 is 5.69 Å². The van der Waals surface area contributed by atoms with Gasteiger partial charge >= 0.3 is 5.69 Å². The molecule has 0 aliphatic rings. The van der Waals surface area contributed by atoms with E-state index in [1.807, 2.05) is 0 Å². The minimum Gasteiger partial charge on any atom is -0.502 e. The maximum atomic E-state index is 10.7. The van der Waals surface area contributed by atoms with Crippen LogP contribution in [-0.4, -0.2) is 10.0 Å². The summed E-state index contributed by atoms with van der Waals surface area (Å²) < 4.78 is 0. The highest BCUT2D eigenvalue weighted by Crippen LogP contribution is 2.27. The van der Waals surface area contributed by atoms with E-state index in [9.17, 15) is 15.2 Å². The summed E-state index contributed by atoms with van der Waals surface area (Å²) in [5, 5.41) is 20.3. The molecule has 0 fully saturated rings. The lowest BCUT2D eigenvalue weighted by Crippen LogP contribution is -1.91. The van der Waals surface area contributed by atoms with Gasteiger partial charge in [0, 0.05) is 6.07 Å². The fourth-order valence-corrected chi connectivity index (χ4v) is 3.23. The molecule has 4 nitrogen and oxygen atoms in total. The largest absolute Gasteiger partial charge is 0.502 e. The van der Waals surface area contributed by atoms with Crippen LogP contribution in [0.3, 0.4) is 0 Å².